The number of rotatable bonds is 6. The normalized spacial score (nSPS) is 15.7. The average Bonchev–Trinajstić information content (AvgIpc) is 2.70. The Morgan fingerprint density at radius 1 is 1.14 bits per heavy atom. The van der Waals surface area contributed by atoms with E-state index in [-0.39, 0.29) is 10.8 Å². The minimum Gasteiger partial charge on any atom is -0.481 e. The summed E-state index contributed by atoms with van der Waals surface area (Å²) in [5, 5.41) is 0.307. The van der Waals surface area contributed by atoms with Crippen LogP contribution in [-0.4, -0.2) is 51.6 Å². The largest absolute Gasteiger partial charge is 0.481 e. The zero-order chi connectivity index (χ0) is 20.1. The van der Waals surface area contributed by atoms with Crippen molar-refractivity contribution in [1.82, 2.24) is 4.90 Å². The van der Waals surface area contributed by atoms with Gasteiger partial charge in [-0.1, -0.05) is 23.7 Å². The lowest BCUT2D eigenvalue weighted by Crippen LogP contribution is -2.46. The molecule has 2 aromatic carbocycles. The van der Waals surface area contributed by atoms with Crippen LogP contribution in [0.25, 0.3) is 0 Å². The first-order valence-corrected chi connectivity index (χ1v) is 10.6. The highest BCUT2D eigenvalue weighted by Crippen LogP contribution is 2.25. The molecule has 0 aliphatic carbocycles. The maximum Gasteiger partial charge on any atom is 0.263 e. The van der Waals surface area contributed by atoms with E-state index >= 15 is 0 Å². The van der Waals surface area contributed by atoms with Gasteiger partial charge in [0.15, 0.2) is 6.10 Å². The Bertz CT molecular complexity index is 928. The van der Waals surface area contributed by atoms with Gasteiger partial charge >= 0.3 is 0 Å². The summed E-state index contributed by atoms with van der Waals surface area (Å²) in [5.41, 5.74) is 0.300. The first kappa shape index (κ1) is 20.4. The van der Waals surface area contributed by atoms with Gasteiger partial charge in [0, 0.05) is 13.1 Å². The third kappa shape index (κ3) is 4.95. The summed E-state index contributed by atoms with van der Waals surface area (Å²) >= 11 is 6.00. The van der Waals surface area contributed by atoms with Crippen LogP contribution >= 0.6 is 11.6 Å². The van der Waals surface area contributed by atoms with Crippen LogP contribution in [0.15, 0.2) is 53.4 Å². The molecule has 1 amide bonds. The first-order valence-electron chi connectivity index (χ1n) is 8.77. The Morgan fingerprint density at radius 2 is 1.79 bits per heavy atom. The van der Waals surface area contributed by atoms with Crippen molar-refractivity contribution in [3.8, 4) is 5.75 Å². The molecular weight excluding hydrogens is 404 g/mol. The number of nitrogens with one attached hydrogen (secondary N) is 1. The number of nitrogens with zero attached hydrogens (tertiary/aromatic N) is 1. The van der Waals surface area contributed by atoms with E-state index in [0.717, 1.165) is 0 Å². The van der Waals surface area contributed by atoms with Crippen molar-refractivity contribution >= 4 is 33.2 Å². The molecular formula is C19H21ClN2O5S. The van der Waals surface area contributed by atoms with E-state index in [1.165, 1.54) is 24.3 Å². The molecule has 0 aromatic heterocycles. The molecule has 7 nitrogen and oxygen atoms in total. The van der Waals surface area contributed by atoms with Gasteiger partial charge in [-0.25, -0.2) is 8.42 Å². The zero-order valence-electron chi connectivity index (χ0n) is 15.3. The van der Waals surface area contributed by atoms with E-state index in [2.05, 4.69) is 4.72 Å². The van der Waals surface area contributed by atoms with Crippen LogP contribution in [0.4, 0.5) is 5.69 Å². The molecule has 0 radical (unpaired) electrons. The molecule has 150 valence electrons. The molecule has 0 saturated carbocycles. The monoisotopic (exact) mass is 424 g/mol. The summed E-state index contributed by atoms with van der Waals surface area (Å²) in [4.78, 5) is 14.1. The SMILES string of the molecule is C[C@H](Oc1ccc(S(=O)(=O)Nc2ccccc2Cl)cc1)C(=O)N1CCOCC1. The molecule has 1 atom stereocenters. The molecule has 1 aliphatic rings. The molecule has 0 bridgehead atoms. The molecule has 2 aromatic rings. The molecule has 1 heterocycles. The second-order valence-corrected chi connectivity index (χ2v) is 8.34. The lowest BCUT2D eigenvalue weighted by molar-refractivity contribution is -0.142. The maximum absolute atomic E-state index is 12.5. The van der Waals surface area contributed by atoms with E-state index < -0.39 is 16.1 Å². The van der Waals surface area contributed by atoms with Crippen LogP contribution in [0.3, 0.4) is 0 Å². The average molecular weight is 425 g/mol. The molecule has 1 aliphatic heterocycles. The summed E-state index contributed by atoms with van der Waals surface area (Å²) in [6.07, 6.45) is -0.679. The van der Waals surface area contributed by atoms with Gasteiger partial charge < -0.3 is 14.4 Å². The van der Waals surface area contributed by atoms with Crippen molar-refractivity contribution in [2.45, 2.75) is 17.9 Å². The standard InChI is InChI=1S/C19H21ClN2O5S/c1-14(19(23)22-10-12-26-13-11-22)27-15-6-8-16(9-7-15)28(24,25)21-18-5-3-2-4-17(18)20/h2-9,14,21H,10-13H2,1H3/t14-/m0/s1. The van der Waals surface area contributed by atoms with Crippen LogP contribution in [0, 0.1) is 0 Å². The van der Waals surface area contributed by atoms with E-state index in [4.69, 9.17) is 21.1 Å². The minimum atomic E-state index is -3.79. The molecule has 9 heteroatoms. The van der Waals surface area contributed by atoms with E-state index in [9.17, 15) is 13.2 Å². The predicted octanol–water partition coefficient (Wildman–Crippen LogP) is 2.77. The molecule has 1 fully saturated rings. The Morgan fingerprint density at radius 3 is 2.43 bits per heavy atom. The molecule has 0 spiro atoms. The Hall–Kier alpha value is -2.29. The van der Waals surface area contributed by atoms with Gasteiger partial charge in [-0.15, -0.1) is 0 Å². The Balaban J connectivity index is 1.65. The third-order valence-corrected chi connectivity index (χ3v) is 5.95. The summed E-state index contributed by atoms with van der Waals surface area (Å²) < 4.78 is 38.4. The van der Waals surface area contributed by atoms with Crippen molar-refractivity contribution in [3.63, 3.8) is 0 Å². The second kappa shape index (κ2) is 8.81. The zero-order valence-corrected chi connectivity index (χ0v) is 16.9. The number of carbonyl (C=O) groups excluding carboxylic acids is 1. The van der Waals surface area contributed by atoms with Crippen LogP contribution in [-0.2, 0) is 19.6 Å². The van der Waals surface area contributed by atoms with Gasteiger partial charge in [0.25, 0.3) is 15.9 Å². The summed E-state index contributed by atoms with van der Waals surface area (Å²) in [7, 11) is -3.79. The fraction of sp³-hybridized carbons (Fsp3) is 0.316. The number of benzene rings is 2. The van der Waals surface area contributed by atoms with E-state index in [1.54, 1.807) is 36.1 Å². The Kier molecular flexibility index (Phi) is 6.43. The van der Waals surface area contributed by atoms with Gasteiger partial charge in [0.05, 0.1) is 28.8 Å². The van der Waals surface area contributed by atoms with Gasteiger partial charge in [0.1, 0.15) is 5.75 Å². The lowest BCUT2D eigenvalue weighted by atomic mass is 10.3. The maximum atomic E-state index is 12.5. The van der Waals surface area contributed by atoms with Crippen molar-refractivity contribution in [2.24, 2.45) is 0 Å². The van der Waals surface area contributed by atoms with Gasteiger partial charge in [-0.05, 0) is 43.3 Å². The smallest absolute Gasteiger partial charge is 0.263 e. The number of anilines is 1. The number of hydrogen-bond donors (Lipinski definition) is 1. The summed E-state index contributed by atoms with van der Waals surface area (Å²) in [5.74, 6) is 0.284. The van der Waals surface area contributed by atoms with Gasteiger partial charge in [-0.2, -0.15) is 0 Å². The first-order chi connectivity index (χ1) is 13.4. The number of morpholine rings is 1. The highest BCUT2D eigenvalue weighted by Gasteiger charge is 2.24. The van der Waals surface area contributed by atoms with E-state index in [1.807, 2.05) is 0 Å². The van der Waals surface area contributed by atoms with Crippen molar-refractivity contribution < 1.29 is 22.7 Å². The molecule has 1 saturated heterocycles. The highest BCUT2D eigenvalue weighted by molar-refractivity contribution is 7.92. The van der Waals surface area contributed by atoms with Crippen molar-refractivity contribution in [2.75, 3.05) is 31.0 Å². The lowest BCUT2D eigenvalue weighted by Gasteiger charge is -2.29. The van der Waals surface area contributed by atoms with Crippen molar-refractivity contribution in [1.29, 1.82) is 0 Å². The van der Waals surface area contributed by atoms with Crippen LogP contribution in [0.1, 0.15) is 6.92 Å². The molecule has 28 heavy (non-hydrogen) atoms. The van der Waals surface area contributed by atoms with Gasteiger partial charge in [-0.3, -0.25) is 9.52 Å². The third-order valence-electron chi connectivity index (χ3n) is 4.24. The number of sulfonamides is 1. The fourth-order valence-electron chi connectivity index (χ4n) is 2.74. The predicted molar refractivity (Wildman–Crippen MR) is 106 cm³/mol. The number of halogens is 1. The van der Waals surface area contributed by atoms with Crippen molar-refractivity contribution in [3.05, 3.63) is 53.6 Å². The molecule has 3 rings (SSSR count). The van der Waals surface area contributed by atoms with Gasteiger partial charge in [0.2, 0.25) is 0 Å². The summed E-state index contributed by atoms with van der Waals surface area (Å²) in [6, 6.07) is 12.5. The summed E-state index contributed by atoms with van der Waals surface area (Å²) in [6.45, 7) is 3.78. The molecule has 1 N–H and O–H groups in total. The van der Waals surface area contributed by atoms with Crippen LogP contribution in [0.5, 0.6) is 5.75 Å². The Labute approximate surface area is 169 Å². The van der Waals surface area contributed by atoms with Crippen LogP contribution < -0.4 is 9.46 Å². The second-order valence-electron chi connectivity index (χ2n) is 6.25. The molecule has 0 unspecified atom stereocenters. The highest BCUT2D eigenvalue weighted by atomic mass is 35.5. The number of amides is 1. The fourth-order valence-corrected chi connectivity index (χ4v) is 4.06. The number of carbonyl (C=O) groups is 1. The number of ether oxygens (including phenoxy) is 2. The number of para-hydroxylation sites is 1. The van der Waals surface area contributed by atoms with Crippen LogP contribution in [0.2, 0.25) is 5.02 Å². The number of hydrogen-bond acceptors (Lipinski definition) is 5. The quantitative estimate of drug-likeness (QED) is 0.770. The van der Waals surface area contributed by atoms with E-state index in [0.29, 0.717) is 42.8 Å². The topological polar surface area (TPSA) is 84.9 Å². The minimum absolute atomic E-state index is 0.0620.